The van der Waals surface area contributed by atoms with E-state index in [4.69, 9.17) is 9.47 Å². The molecule has 178 valence electrons. The third-order valence-electron chi connectivity index (χ3n) is 5.25. The fourth-order valence-corrected chi connectivity index (χ4v) is 5.07. The molecule has 0 aromatic heterocycles. The van der Waals surface area contributed by atoms with Crippen LogP contribution in [0.4, 0.5) is 13.2 Å². The molecule has 0 aliphatic carbocycles. The Morgan fingerprint density at radius 3 is 2.39 bits per heavy atom. The first-order chi connectivity index (χ1) is 15.6. The van der Waals surface area contributed by atoms with E-state index in [0.717, 1.165) is 39.4 Å². The number of allylic oxidation sites excluding steroid dienone is 1. The van der Waals surface area contributed by atoms with E-state index in [1.807, 2.05) is 32.9 Å². The van der Waals surface area contributed by atoms with E-state index in [2.05, 4.69) is 10.9 Å². The van der Waals surface area contributed by atoms with Gasteiger partial charge in [-0.2, -0.15) is 13.2 Å². The number of hydrogen-bond donors (Lipinski definition) is 2. The first-order valence-electron chi connectivity index (χ1n) is 10.5. The second kappa shape index (κ2) is 10.5. The molecule has 2 aromatic carbocycles. The molecular weight excluding hydrogens is 453 g/mol. The Hall–Kier alpha value is -2.65. The molecule has 0 amide bonds. The SMILES string of the molecule is CCOC(=O)COc1ccc(SC(C2=C(C)NNC2C)c2ccc(C(F)(F)F)cc2)cc1C. The van der Waals surface area contributed by atoms with Crippen molar-refractivity contribution in [1.29, 1.82) is 0 Å². The lowest BCUT2D eigenvalue weighted by molar-refractivity contribution is -0.145. The molecule has 1 heterocycles. The van der Waals surface area contributed by atoms with E-state index >= 15 is 0 Å². The Morgan fingerprint density at radius 1 is 1.15 bits per heavy atom. The number of hydrogen-bond acceptors (Lipinski definition) is 6. The highest BCUT2D eigenvalue weighted by Gasteiger charge is 2.32. The van der Waals surface area contributed by atoms with E-state index in [1.165, 1.54) is 12.1 Å². The number of carbonyl (C=O) groups excluding carboxylic acids is 1. The lowest BCUT2D eigenvalue weighted by atomic mass is 9.98. The summed E-state index contributed by atoms with van der Waals surface area (Å²) in [7, 11) is 0. The summed E-state index contributed by atoms with van der Waals surface area (Å²) in [6, 6.07) is 10.9. The normalized spacial score (nSPS) is 17.0. The van der Waals surface area contributed by atoms with Crippen LogP contribution in [0.25, 0.3) is 0 Å². The van der Waals surface area contributed by atoms with Crippen molar-refractivity contribution in [3.63, 3.8) is 0 Å². The van der Waals surface area contributed by atoms with Gasteiger partial charge in [0.1, 0.15) is 5.75 Å². The van der Waals surface area contributed by atoms with Crippen LogP contribution in [0.2, 0.25) is 0 Å². The van der Waals surface area contributed by atoms with Gasteiger partial charge in [0.15, 0.2) is 6.61 Å². The summed E-state index contributed by atoms with van der Waals surface area (Å²) in [5.74, 6) is 0.141. The molecule has 9 heteroatoms. The summed E-state index contributed by atoms with van der Waals surface area (Å²) in [4.78, 5) is 12.5. The van der Waals surface area contributed by atoms with Crippen LogP contribution in [0.5, 0.6) is 5.75 Å². The highest BCUT2D eigenvalue weighted by atomic mass is 32.2. The number of aryl methyl sites for hydroxylation is 1. The quantitative estimate of drug-likeness (QED) is 0.381. The highest BCUT2D eigenvalue weighted by Crippen LogP contribution is 2.45. The zero-order valence-corrected chi connectivity index (χ0v) is 19.7. The lowest BCUT2D eigenvalue weighted by Gasteiger charge is -2.23. The predicted octanol–water partition coefficient (Wildman–Crippen LogP) is 5.56. The molecule has 5 nitrogen and oxygen atoms in total. The van der Waals surface area contributed by atoms with Gasteiger partial charge < -0.3 is 14.9 Å². The van der Waals surface area contributed by atoms with E-state index in [-0.39, 0.29) is 17.9 Å². The van der Waals surface area contributed by atoms with Crippen LogP contribution in [-0.2, 0) is 15.7 Å². The topological polar surface area (TPSA) is 59.6 Å². The molecular formula is C24H27F3N2O3S. The van der Waals surface area contributed by atoms with Gasteiger partial charge in [-0.1, -0.05) is 12.1 Å². The third-order valence-corrected chi connectivity index (χ3v) is 6.54. The Bertz CT molecular complexity index is 1020. The number of nitrogens with one attached hydrogen (secondary N) is 2. The fourth-order valence-electron chi connectivity index (χ4n) is 3.61. The van der Waals surface area contributed by atoms with Gasteiger partial charge in [0.25, 0.3) is 0 Å². The summed E-state index contributed by atoms with van der Waals surface area (Å²) < 4.78 is 49.6. The molecule has 2 unspecified atom stereocenters. The molecule has 2 aromatic rings. The van der Waals surface area contributed by atoms with Gasteiger partial charge in [-0.05, 0) is 74.7 Å². The molecule has 2 N–H and O–H groups in total. The van der Waals surface area contributed by atoms with Gasteiger partial charge in [0.05, 0.1) is 17.4 Å². The Kier molecular flexibility index (Phi) is 7.97. The molecule has 33 heavy (non-hydrogen) atoms. The molecule has 0 spiro atoms. The molecule has 0 saturated carbocycles. The minimum atomic E-state index is -4.38. The van der Waals surface area contributed by atoms with Crippen molar-refractivity contribution >= 4 is 17.7 Å². The van der Waals surface area contributed by atoms with E-state index in [0.29, 0.717) is 12.4 Å². The molecule has 0 bridgehead atoms. The van der Waals surface area contributed by atoms with Crippen LogP contribution in [0.15, 0.2) is 58.6 Å². The highest BCUT2D eigenvalue weighted by molar-refractivity contribution is 7.99. The molecule has 2 atom stereocenters. The number of hydrazine groups is 1. The molecule has 1 aliphatic rings. The molecule has 3 rings (SSSR count). The second-order valence-electron chi connectivity index (χ2n) is 7.71. The predicted molar refractivity (Wildman–Crippen MR) is 122 cm³/mol. The van der Waals surface area contributed by atoms with Gasteiger partial charge in [-0.3, -0.25) is 0 Å². The standard InChI is InChI=1S/C24H27F3N2O3S/c1-5-31-21(30)13-32-20-11-10-19(12-14(20)2)33-23(22-15(3)28-29-16(22)4)17-6-8-18(9-7-17)24(25,26)27/h6-12,15,23,28-29H,5,13H2,1-4H3. The number of carbonyl (C=O) groups is 1. The van der Waals surface area contributed by atoms with Crippen LogP contribution >= 0.6 is 11.8 Å². The Morgan fingerprint density at radius 2 is 1.85 bits per heavy atom. The smallest absolute Gasteiger partial charge is 0.416 e. The van der Waals surface area contributed by atoms with Gasteiger partial charge >= 0.3 is 12.1 Å². The number of esters is 1. The zero-order valence-electron chi connectivity index (χ0n) is 18.9. The first kappa shape index (κ1) is 25.0. The van der Waals surface area contributed by atoms with E-state index in [9.17, 15) is 18.0 Å². The molecule has 1 aliphatic heterocycles. The van der Waals surface area contributed by atoms with Gasteiger partial charge in [-0.25, -0.2) is 10.2 Å². The van der Waals surface area contributed by atoms with E-state index in [1.54, 1.807) is 24.8 Å². The summed E-state index contributed by atoms with van der Waals surface area (Å²) >= 11 is 1.55. The van der Waals surface area contributed by atoms with Crippen LogP contribution < -0.4 is 15.6 Å². The van der Waals surface area contributed by atoms with Crippen LogP contribution in [0.1, 0.15) is 42.7 Å². The average Bonchev–Trinajstić information content (AvgIpc) is 3.09. The van der Waals surface area contributed by atoms with Crippen molar-refractivity contribution in [2.24, 2.45) is 0 Å². The number of ether oxygens (including phenoxy) is 2. The average molecular weight is 481 g/mol. The molecule has 0 radical (unpaired) electrons. The molecule has 0 saturated heterocycles. The summed E-state index contributed by atoms with van der Waals surface area (Å²) in [6.45, 7) is 7.68. The van der Waals surface area contributed by atoms with Crippen LogP contribution in [0.3, 0.4) is 0 Å². The van der Waals surface area contributed by atoms with Crippen molar-refractivity contribution < 1.29 is 27.4 Å². The molecule has 0 fully saturated rings. The Labute approximate surface area is 195 Å². The minimum absolute atomic E-state index is 0.0121. The number of benzene rings is 2. The summed E-state index contributed by atoms with van der Waals surface area (Å²) in [6.07, 6.45) is -4.38. The van der Waals surface area contributed by atoms with Crippen molar-refractivity contribution in [3.8, 4) is 5.75 Å². The first-order valence-corrected chi connectivity index (χ1v) is 11.4. The van der Waals surface area contributed by atoms with Crippen molar-refractivity contribution in [2.45, 2.75) is 50.1 Å². The van der Waals surface area contributed by atoms with Crippen molar-refractivity contribution in [2.75, 3.05) is 13.2 Å². The number of halogens is 3. The number of thioether (sulfide) groups is 1. The largest absolute Gasteiger partial charge is 0.482 e. The van der Waals surface area contributed by atoms with Gasteiger partial charge in [0, 0.05) is 16.6 Å². The minimum Gasteiger partial charge on any atom is -0.482 e. The zero-order chi connectivity index (χ0) is 24.2. The maximum Gasteiger partial charge on any atom is 0.416 e. The summed E-state index contributed by atoms with van der Waals surface area (Å²) in [5, 5.41) is -0.199. The summed E-state index contributed by atoms with van der Waals surface area (Å²) in [5.41, 5.74) is 9.26. The van der Waals surface area contributed by atoms with E-state index < -0.39 is 17.7 Å². The third kappa shape index (κ3) is 6.23. The fraction of sp³-hybridized carbons (Fsp3) is 0.375. The van der Waals surface area contributed by atoms with Gasteiger partial charge in [-0.15, -0.1) is 11.8 Å². The van der Waals surface area contributed by atoms with Crippen LogP contribution in [0, 0.1) is 6.92 Å². The maximum absolute atomic E-state index is 13.1. The maximum atomic E-state index is 13.1. The lowest BCUT2D eigenvalue weighted by Crippen LogP contribution is -2.30. The van der Waals surface area contributed by atoms with Crippen molar-refractivity contribution in [1.82, 2.24) is 10.9 Å². The number of rotatable bonds is 8. The van der Waals surface area contributed by atoms with Crippen molar-refractivity contribution in [3.05, 3.63) is 70.4 Å². The Balaban J connectivity index is 1.86. The number of alkyl halides is 3. The second-order valence-corrected chi connectivity index (χ2v) is 8.89. The van der Waals surface area contributed by atoms with Gasteiger partial charge in [0.2, 0.25) is 0 Å². The monoisotopic (exact) mass is 480 g/mol. The van der Waals surface area contributed by atoms with Crippen LogP contribution in [-0.4, -0.2) is 25.2 Å².